The lowest BCUT2D eigenvalue weighted by Crippen LogP contribution is -1.95. The van der Waals surface area contributed by atoms with Crippen molar-refractivity contribution < 1.29 is 4.79 Å². The highest BCUT2D eigenvalue weighted by Crippen LogP contribution is 2.21. The van der Waals surface area contributed by atoms with E-state index in [9.17, 15) is 4.79 Å². The van der Waals surface area contributed by atoms with Crippen LogP contribution >= 0.6 is 0 Å². The predicted octanol–water partition coefficient (Wildman–Crippen LogP) is 4.24. The molecule has 1 heteroatoms. The van der Waals surface area contributed by atoms with Gasteiger partial charge in [0.2, 0.25) is 0 Å². The third-order valence-electron chi connectivity index (χ3n) is 3.37. The molecule has 0 spiro atoms. The Morgan fingerprint density at radius 1 is 0.789 bits per heavy atom. The number of fused-ring (bicyclic) bond motifs is 1. The first-order valence-electron chi connectivity index (χ1n) is 6.37. The van der Waals surface area contributed by atoms with Crippen molar-refractivity contribution in [2.45, 2.75) is 6.42 Å². The number of hydrogen-bond donors (Lipinski definition) is 0. The Balaban J connectivity index is 2.09. The van der Waals surface area contributed by atoms with E-state index < -0.39 is 0 Å². The third-order valence-corrected chi connectivity index (χ3v) is 3.37. The molecule has 1 nitrogen and oxygen atoms in total. The summed E-state index contributed by atoms with van der Waals surface area (Å²) in [7, 11) is 0. The lowest BCUT2D eigenvalue weighted by Gasteiger charge is -2.07. The molecular weight excluding hydrogens is 232 g/mol. The Bertz CT molecular complexity index is 714. The Hall–Kier alpha value is -2.41. The van der Waals surface area contributed by atoms with Crippen molar-refractivity contribution in [2.24, 2.45) is 0 Å². The molecule has 0 unspecified atom stereocenters. The third kappa shape index (κ3) is 2.41. The molecule has 0 aliphatic rings. The summed E-state index contributed by atoms with van der Waals surface area (Å²) in [5, 5.41) is 2.29. The summed E-state index contributed by atoms with van der Waals surface area (Å²) in [6, 6.07) is 22.5. The van der Waals surface area contributed by atoms with Gasteiger partial charge in [0.15, 0.2) is 0 Å². The number of carbonyl (C=O) groups is 1. The van der Waals surface area contributed by atoms with E-state index in [4.69, 9.17) is 0 Å². The van der Waals surface area contributed by atoms with E-state index in [1.54, 1.807) is 0 Å². The fraction of sp³-hybridized carbons (Fsp3) is 0.0556. The highest BCUT2D eigenvalue weighted by atomic mass is 16.1. The number of hydrogen-bond acceptors (Lipinski definition) is 1. The van der Waals surface area contributed by atoms with Crippen molar-refractivity contribution >= 4 is 17.1 Å². The molecule has 0 atom stereocenters. The van der Waals surface area contributed by atoms with E-state index >= 15 is 0 Å². The van der Waals surface area contributed by atoms with Crippen LogP contribution in [-0.2, 0) is 6.42 Å². The Labute approximate surface area is 112 Å². The highest BCUT2D eigenvalue weighted by Gasteiger charge is 2.05. The lowest BCUT2D eigenvalue weighted by atomic mass is 9.96. The second-order valence-corrected chi connectivity index (χ2v) is 4.68. The Morgan fingerprint density at radius 2 is 1.42 bits per heavy atom. The maximum Gasteiger partial charge on any atom is 0.150 e. The summed E-state index contributed by atoms with van der Waals surface area (Å²) in [5.41, 5.74) is 3.09. The molecule has 0 aliphatic carbocycles. The zero-order valence-electron chi connectivity index (χ0n) is 10.5. The van der Waals surface area contributed by atoms with Crippen LogP contribution in [0.2, 0.25) is 0 Å². The summed E-state index contributed by atoms with van der Waals surface area (Å²) >= 11 is 0. The molecule has 0 aliphatic heterocycles. The highest BCUT2D eigenvalue weighted by molar-refractivity contribution is 5.90. The molecule has 19 heavy (non-hydrogen) atoms. The molecule has 0 fully saturated rings. The van der Waals surface area contributed by atoms with E-state index in [0.717, 1.165) is 29.2 Å². The van der Waals surface area contributed by atoms with Crippen LogP contribution in [0.1, 0.15) is 21.5 Å². The fourth-order valence-electron chi connectivity index (χ4n) is 2.38. The summed E-state index contributed by atoms with van der Waals surface area (Å²) in [6.45, 7) is 0. The van der Waals surface area contributed by atoms with Gasteiger partial charge < -0.3 is 0 Å². The van der Waals surface area contributed by atoms with Crippen molar-refractivity contribution in [3.8, 4) is 0 Å². The predicted molar refractivity (Wildman–Crippen MR) is 78.6 cm³/mol. The van der Waals surface area contributed by atoms with E-state index in [0.29, 0.717) is 0 Å². The van der Waals surface area contributed by atoms with E-state index in [1.165, 1.54) is 10.9 Å². The number of aldehydes is 1. The molecule has 0 aromatic heterocycles. The monoisotopic (exact) mass is 246 g/mol. The molecule has 3 rings (SSSR count). The maximum absolute atomic E-state index is 11.3. The lowest BCUT2D eigenvalue weighted by molar-refractivity contribution is 0.112. The number of rotatable bonds is 3. The van der Waals surface area contributed by atoms with Crippen LogP contribution in [0.15, 0.2) is 66.7 Å². The summed E-state index contributed by atoms with van der Waals surface area (Å²) in [6.07, 6.45) is 1.74. The zero-order chi connectivity index (χ0) is 13.1. The van der Waals surface area contributed by atoms with Crippen LogP contribution in [0.5, 0.6) is 0 Å². The minimum atomic E-state index is 0.780. The van der Waals surface area contributed by atoms with Crippen LogP contribution in [0, 0.1) is 0 Å². The van der Waals surface area contributed by atoms with Gasteiger partial charge in [0.1, 0.15) is 6.29 Å². The quantitative estimate of drug-likeness (QED) is 0.632. The van der Waals surface area contributed by atoms with Gasteiger partial charge in [-0.1, -0.05) is 60.7 Å². The molecule has 0 amide bonds. The van der Waals surface area contributed by atoms with E-state index in [-0.39, 0.29) is 0 Å². The van der Waals surface area contributed by atoms with E-state index in [2.05, 4.69) is 24.3 Å². The topological polar surface area (TPSA) is 17.1 Å². The summed E-state index contributed by atoms with van der Waals surface area (Å²) < 4.78 is 0. The van der Waals surface area contributed by atoms with Crippen LogP contribution in [0.25, 0.3) is 10.8 Å². The molecule has 0 saturated heterocycles. The molecule has 0 N–H and O–H groups in total. The normalized spacial score (nSPS) is 10.5. The minimum Gasteiger partial charge on any atom is -0.298 e. The molecular formula is C18H14O. The minimum absolute atomic E-state index is 0.780. The van der Waals surface area contributed by atoms with Crippen molar-refractivity contribution in [1.82, 2.24) is 0 Å². The molecule has 3 aromatic carbocycles. The first-order valence-corrected chi connectivity index (χ1v) is 6.37. The van der Waals surface area contributed by atoms with Gasteiger partial charge in [0.25, 0.3) is 0 Å². The average molecular weight is 246 g/mol. The standard InChI is InChI=1S/C18H14O/c19-13-18-12-16-9-5-4-8-15(16)11-17(18)10-14-6-2-1-3-7-14/h1-9,11-13H,10H2. The second-order valence-electron chi connectivity index (χ2n) is 4.68. The van der Waals surface area contributed by atoms with Crippen molar-refractivity contribution in [3.63, 3.8) is 0 Å². The molecule has 0 bridgehead atoms. The van der Waals surface area contributed by atoms with Gasteiger partial charge in [-0.25, -0.2) is 0 Å². The van der Waals surface area contributed by atoms with Gasteiger partial charge in [0, 0.05) is 5.56 Å². The van der Waals surface area contributed by atoms with Crippen molar-refractivity contribution in [3.05, 3.63) is 83.4 Å². The fourth-order valence-corrected chi connectivity index (χ4v) is 2.38. The number of benzene rings is 3. The van der Waals surface area contributed by atoms with Gasteiger partial charge >= 0.3 is 0 Å². The maximum atomic E-state index is 11.3. The Morgan fingerprint density at radius 3 is 2.11 bits per heavy atom. The van der Waals surface area contributed by atoms with Crippen LogP contribution in [-0.4, -0.2) is 6.29 Å². The smallest absolute Gasteiger partial charge is 0.150 e. The first-order chi connectivity index (χ1) is 9.36. The molecule has 0 saturated carbocycles. The average Bonchev–Trinajstić information content (AvgIpc) is 2.47. The summed E-state index contributed by atoms with van der Waals surface area (Å²) in [4.78, 5) is 11.3. The molecule has 3 aromatic rings. The van der Waals surface area contributed by atoms with E-state index in [1.807, 2.05) is 42.5 Å². The SMILES string of the molecule is O=Cc1cc2ccccc2cc1Cc1ccccc1. The first kappa shape index (κ1) is 11.7. The molecule has 92 valence electrons. The van der Waals surface area contributed by atoms with Crippen LogP contribution in [0.3, 0.4) is 0 Å². The van der Waals surface area contributed by atoms with Gasteiger partial charge in [-0.3, -0.25) is 4.79 Å². The molecule has 0 radical (unpaired) electrons. The molecule has 0 heterocycles. The zero-order valence-corrected chi connectivity index (χ0v) is 10.5. The summed E-state index contributed by atoms with van der Waals surface area (Å²) in [5.74, 6) is 0. The Kier molecular flexibility index (Phi) is 3.11. The van der Waals surface area contributed by atoms with Crippen molar-refractivity contribution in [1.29, 1.82) is 0 Å². The number of carbonyl (C=O) groups excluding carboxylic acids is 1. The van der Waals surface area contributed by atoms with Gasteiger partial charge in [-0.2, -0.15) is 0 Å². The van der Waals surface area contributed by atoms with Crippen molar-refractivity contribution in [2.75, 3.05) is 0 Å². The van der Waals surface area contributed by atoms with Crippen LogP contribution < -0.4 is 0 Å². The largest absolute Gasteiger partial charge is 0.298 e. The van der Waals surface area contributed by atoms with Gasteiger partial charge in [-0.05, 0) is 34.4 Å². The van der Waals surface area contributed by atoms with Crippen LogP contribution in [0.4, 0.5) is 0 Å². The van der Waals surface area contributed by atoms with Gasteiger partial charge in [-0.15, -0.1) is 0 Å². The van der Waals surface area contributed by atoms with Gasteiger partial charge in [0.05, 0.1) is 0 Å². The second kappa shape index (κ2) is 5.07.